The SMILES string of the molecule is CC(=O)COC(=O)N1CCOCC1. The lowest BCUT2D eigenvalue weighted by molar-refractivity contribution is -0.120. The Bertz CT molecular complexity index is 198. The third-order valence-corrected chi connectivity index (χ3v) is 1.67. The van der Waals surface area contributed by atoms with E-state index >= 15 is 0 Å². The van der Waals surface area contributed by atoms with Crippen molar-refractivity contribution in [3.8, 4) is 0 Å². The summed E-state index contributed by atoms with van der Waals surface area (Å²) in [4.78, 5) is 23.2. The van der Waals surface area contributed by atoms with Gasteiger partial charge in [-0.15, -0.1) is 0 Å². The zero-order valence-corrected chi connectivity index (χ0v) is 7.62. The third kappa shape index (κ3) is 3.42. The number of Topliss-reactive ketones (excluding diaryl/α,β-unsaturated/α-hetero) is 1. The summed E-state index contributed by atoms with van der Waals surface area (Å²) in [6.45, 7) is 3.39. The molecule has 1 heterocycles. The number of ether oxygens (including phenoxy) is 2. The van der Waals surface area contributed by atoms with Gasteiger partial charge in [-0.25, -0.2) is 4.79 Å². The van der Waals surface area contributed by atoms with Crippen molar-refractivity contribution in [1.29, 1.82) is 0 Å². The van der Waals surface area contributed by atoms with E-state index in [1.807, 2.05) is 0 Å². The van der Waals surface area contributed by atoms with Crippen molar-refractivity contribution < 1.29 is 19.1 Å². The molecule has 1 aliphatic heterocycles. The van der Waals surface area contributed by atoms with Crippen LogP contribution in [0.3, 0.4) is 0 Å². The van der Waals surface area contributed by atoms with Crippen molar-refractivity contribution in [3.05, 3.63) is 0 Å². The van der Waals surface area contributed by atoms with Crippen molar-refractivity contribution in [2.75, 3.05) is 32.9 Å². The molecule has 1 amide bonds. The zero-order valence-electron chi connectivity index (χ0n) is 7.62. The number of nitrogens with zero attached hydrogens (tertiary/aromatic N) is 1. The number of carbonyl (C=O) groups excluding carboxylic acids is 2. The molecule has 0 radical (unpaired) electrons. The Kier molecular flexibility index (Phi) is 3.70. The average Bonchev–Trinajstić information content (AvgIpc) is 2.15. The van der Waals surface area contributed by atoms with Gasteiger partial charge in [0.2, 0.25) is 0 Å². The second-order valence-corrected chi connectivity index (χ2v) is 2.86. The summed E-state index contributed by atoms with van der Waals surface area (Å²) in [5, 5.41) is 0. The van der Waals surface area contributed by atoms with Crippen molar-refractivity contribution in [2.45, 2.75) is 6.92 Å². The molecule has 1 aliphatic rings. The van der Waals surface area contributed by atoms with Gasteiger partial charge in [0, 0.05) is 13.1 Å². The molecule has 5 nitrogen and oxygen atoms in total. The smallest absolute Gasteiger partial charge is 0.410 e. The first-order chi connectivity index (χ1) is 6.20. The van der Waals surface area contributed by atoms with Crippen LogP contribution in [-0.2, 0) is 14.3 Å². The Morgan fingerprint density at radius 3 is 2.54 bits per heavy atom. The minimum Gasteiger partial charge on any atom is -0.441 e. The van der Waals surface area contributed by atoms with E-state index in [1.54, 1.807) is 0 Å². The zero-order chi connectivity index (χ0) is 9.68. The summed E-state index contributed by atoms with van der Waals surface area (Å²) >= 11 is 0. The van der Waals surface area contributed by atoms with Gasteiger partial charge in [-0.3, -0.25) is 4.79 Å². The van der Waals surface area contributed by atoms with Gasteiger partial charge >= 0.3 is 6.09 Å². The molecule has 0 aromatic carbocycles. The Labute approximate surface area is 76.6 Å². The fourth-order valence-electron chi connectivity index (χ4n) is 1.00. The van der Waals surface area contributed by atoms with Crippen LogP contribution in [0.15, 0.2) is 0 Å². The van der Waals surface area contributed by atoms with Crippen LogP contribution >= 0.6 is 0 Å². The molecule has 0 bridgehead atoms. The van der Waals surface area contributed by atoms with E-state index in [0.29, 0.717) is 26.3 Å². The van der Waals surface area contributed by atoms with Crippen LogP contribution in [0.4, 0.5) is 4.79 Å². The monoisotopic (exact) mass is 187 g/mol. The second kappa shape index (κ2) is 4.81. The molecule has 74 valence electrons. The van der Waals surface area contributed by atoms with Crippen molar-refractivity contribution in [2.24, 2.45) is 0 Å². The van der Waals surface area contributed by atoms with Crippen LogP contribution in [-0.4, -0.2) is 49.7 Å². The average molecular weight is 187 g/mol. The second-order valence-electron chi connectivity index (χ2n) is 2.86. The summed E-state index contributed by atoms with van der Waals surface area (Å²) in [6.07, 6.45) is -0.432. The fraction of sp³-hybridized carbons (Fsp3) is 0.750. The number of carbonyl (C=O) groups is 2. The quantitative estimate of drug-likeness (QED) is 0.612. The maximum Gasteiger partial charge on any atom is 0.410 e. The van der Waals surface area contributed by atoms with Gasteiger partial charge in [-0.2, -0.15) is 0 Å². The molecule has 1 rings (SSSR count). The molecule has 0 unspecified atom stereocenters. The summed E-state index contributed by atoms with van der Waals surface area (Å²) in [5.74, 6) is -0.151. The van der Waals surface area contributed by atoms with E-state index in [4.69, 9.17) is 9.47 Å². The van der Waals surface area contributed by atoms with Crippen molar-refractivity contribution in [3.63, 3.8) is 0 Å². The maximum atomic E-state index is 11.2. The largest absolute Gasteiger partial charge is 0.441 e. The number of ketones is 1. The molecule has 13 heavy (non-hydrogen) atoms. The molecular weight excluding hydrogens is 174 g/mol. The van der Waals surface area contributed by atoms with Gasteiger partial charge in [0.15, 0.2) is 12.4 Å². The molecule has 0 aliphatic carbocycles. The number of rotatable bonds is 2. The standard InChI is InChI=1S/C8H13NO4/c1-7(10)6-13-8(11)9-2-4-12-5-3-9/h2-6H2,1H3. The Morgan fingerprint density at radius 1 is 1.38 bits per heavy atom. The molecule has 1 fully saturated rings. The number of hydrogen-bond donors (Lipinski definition) is 0. The van der Waals surface area contributed by atoms with E-state index in [0.717, 1.165) is 0 Å². The summed E-state index contributed by atoms with van der Waals surface area (Å²) in [6, 6.07) is 0. The summed E-state index contributed by atoms with van der Waals surface area (Å²) in [7, 11) is 0. The molecule has 1 saturated heterocycles. The molecular formula is C8H13NO4. The van der Waals surface area contributed by atoms with Gasteiger partial charge in [0.05, 0.1) is 13.2 Å². The van der Waals surface area contributed by atoms with Gasteiger partial charge < -0.3 is 14.4 Å². The van der Waals surface area contributed by atoms with Gasteiger partial charge in [-0.05, 0) is 6.92 Å². The molecule has 0 aromatic rings. The molecule has 5 heteroatoms. The van der Waals surface area contributed by atoms with E-state index in [-0.39, 0.29) is 12.4 Å². The van der Waals surface area contributed by atoms with E-state index in [2.05, 4.69) is 0 Å². The Morgan fingerprint density at radius 2 is 2.00 bits per heavy atom. The van der Waals surface area contributed by atoms with Crippen molar-refractivity contribution in [1.82, 2.24) is 4.90 Å². The topological polar surface area (TPSA) is 55.8 Å². The first-order valence-electron chi connectivity index (χ1n) is 4.19. The van der Waals surface area contributed by atoms with Crippen LogP contribution in [0, 0.1) is 0 Å². The molecule has 0 atom stereocenters. The third-order valence-electron chi connectivity index (χ3n) is 1.67. The fourth-order valence-corrected chi connectivity index (χ4v) is 1.00. The maximum absolute atomic E-state index is 11.2. The highest BCUT2D eigenvalue weighted by Crippen LogP contribution is 1.99. The van der Waals surface area contributed by atoms with Gasteiger partial charge in [0.25, 0.3) is 0 Å². The van der Waals surface area contributed by atoms with Gasteiger partial charge in [0.1, 0.15) is 0 Å². The van der Waals surface area contributed by atoms with Crippen LogP contribution < -0.4 is 0 Å². The molecule has 0 spiro atoms. The summed E-state index contributed by atoms with van der Waals surface area (Å²) < 4.78 is 9.78. The van der Waals surface area contributed by atoms with E-state index in [1.165, 1.54) is 11.8 Å². The molecule has 0 saturated carbocycles. The van der Waals surface area contributed by atoms with E-state index in [9.17, 15) is 9.59 Å². The summed E-state index contributed by atoms with van der Waals surface area (Å²) in [5.41, 5.74) is 0. The van der Waals surface area contributed by atoms with E-state index < -0.39 is 6.09 Å². The minimum absolute atomic E-state index is 0.143. The lowest BCUT2D eigenvalue weighted by atomic mass is 10.4. The lowest BCUT2D eigenvalue weighted by Gasteiger charge is -2.25. The highest BCUT2D eigenvalue weighted by Gasteiger charge is 2.17. The number of morpholine rings is 1. The number of hydrogen-bond acceptors (Lipinski definition) is 4. The molecule has 0 N–H and O–H groups in total. The predicted octanol–water partition coefficient (Wildman–Crippen LogP) is 0.0442. The van der Waals surface area contributed by atoms with Crippen LogP contribution in [0.25, 0.3) is 0 Å². The molecule has 0 aromatic heterocycles. The highest BCUT2D eigenvalue weighted by molar-refractivity contribution is 5.79. The highest BCUT2D eigenvalue weighted by atomic mass is 16.6. The minimum atomic E-state index is -0.432. The normalized spacial score (nSPS) is 16.8. The number of amides is 1. The Balaban J connectivity index is 2.25. The first-order valence-corrected chi connectivity index (χ1v) is 4.19. The van der Waals surface area contributed by atoms with Crippen LogP contribution in [0.2, 0.25) is 0 Å². The van der Waals surface area contributed by atoms with Crippen molar-refractivity contribution >= 4 is 11.9 Å². The van der Waals surface area contributed by atoms with Crippen LogP contribution in [0.5, 0.6) is 0 Å². The first kappa shape index (κ1) is 9.98. The predicted molar refractivity (Wildman–Crippen MR) is 44.4 cm³/mol. The Hall–Kier alpha value is -1.10. The van der Waals surface area contributed by atoms with Crippen LogP contribution in [0.1, 0.15) is 6.92 Å². The lowest BCUT2D eigenvalue weighted by Crippen LogP contribution is -2.41. The van der Waals surface area contributed by atoms with Gasteiger partial charge in [-0.1, -0.05) is 0 Å².